The van der Waals surface area contributed by atoms with E-state index in [-0.39, 0.29) is 18.3 Å². The van der Waals surface area contributed by atoms with Crippen molar-refractivity contribution in [2.75, 3.05) is 0 Å². The monoisotopic (exact) mass is 244 g/mol. The van der Waals surface area contributed by atoms with Crippen molar-refractivity contribution in [1.82, 2.24) is 0 Å². The number of carbonyl (C=O) groups excluding carboxylic acids is 1. The first kappa shape index (κ1) is 13.0. The van der Waals surface area contributed by atoms with Crippen molar-refractivity contribution in [2.24, 2.45) is 0 Å². The zero-order chi connectivity index (χ0) is 13.1. The van der Waals surface area contributed by atoms with Crippen LogP contribution in [0.4, 0.5) is 0 Å². The fourth-order valence-electron chi connectivity index (χ4n) is 2.36. The number of fused-ring (bicyclic) bond motifs is 2. The van der Waals surface area contributed by atoms with Crippen LogP contribution in [0.25, 0.3) is 0 Å². The van der Waals surface area contributed by atoms with Gasteiger partial charge in [0, 0.05) is 6.42 Å². The highest BCUT2D eigenvalue weighted by molar-refractivity contribution is 5.83. The fourth-order valence-corrected chi connectivity index (χ4v) is 2.36. The molecule has 0 aromatic rings. The zero-order valence-electron chi connectivity index (χ0n) is 10.9. The summed E-state index contributed by atoms with van der Waals surface area (Å²) in [7, 11) is 0. The second-order valence-corrected chi connectivity index (χ2v) is 5.50. The Balaban J connectivity index is 2.43. The molecule has 17 heavy (non-hydrogen) atoms. The minimum Gasteiger partial charge on any atom is -0.384 e. The van der Waals surface area contributed by atoms with Crippen molar-refractivity contribution in [3.63, 3.8) is 0 Å². The van der Waals surface area contributed by atoms with Crippen LogP contribution in [0.15, 0.2) is 0 Å². The van der Waals surface area contributed by atoms with E-state index in [1.165, 1.54) is 0 Å². The van der Waals surface area contributed by atoms with Crippen molar-refractivity contribution in [2.45, 2.75) is 70.4 Å². The van der Waals surface area contributed by atoms with Gasteiger partial charge in [-0.15, -0.1) is 0 Å². The van der Waals surface area contributed by atoms with Gasteiger partial charge in [0.1, 0.15) is 17.8 Å². The Morgan fingerprint density at radius 3 is 2.41 bits per heavy atom. The highest BCUT2D eigenvalue weighted by Crippen LogP contribution is 2.46. The van der Waals surface area contributed by atoms with Crippen molar-refractivity contribution in [3.8, 4) is 0 Å². The normalized spacial score (nSPS) is 55.5. The zero-order valence-corrected chi connectivity index (χ0v) is 10.9. The smallest absolute Gasteiger partial charge is 0.198 e. The molecule has 2 aliphatic rings. The summed E-state index contributed by atoms with van der Waals surface area (Å²) in [6, 6.07) is 0. The highest BCUT2D eigenvalue weighted by atomic mass is 16.8. The van der Waals surface area contributed by atoms with Crippen molar-refractivity contribution < 1.29 is 24.1 Å². The van der Waals surface area contributed by atoms with Crippen LogP contribution in [0.1, 0.15) is 41.0 Å². The van der Waals surface area contributed by atoms with Crippen LogP contribution in [-0.2, 0) is 19.0 Å². The molecule has 5 heteroatoms. The third-order valence-corrected chi connectivity index (χ3v) is 3.90. The molecule has 0 aromatic heterocycles. The van der Waals surface area contributed by atoms with Crippen molar-refractivity contribution >= 4 is 5.78 Å². The van der Waals surface area contributed by atoms with Gasteiger partial charge in [0.2, 0.25) is 0 Å². The standard InChI is InChI=1S/C12H20O5/c1-7-9(13)6-10(3,14)12(5)16-8(2)11(4,15-7)17-12/h7-8,14H,6H2,1-5H3. The van der Waals surface area contributed by atoms with Gasteiger partial charge in [0.25, 0.3) is 0 Å². The van der Waals surface area contributed by atoms with Crippen molar-refractivity contribution in [3.05, 3.63) is 0 Å². The Bertz CT molecular complexity index is 353. The second-order valence-electron chi connectivity index (χ2n) is 5.50. The minimum atomic E-state index is -1.37. The van der Waals surface area contributed by atoms with E-state index in [4.69, 9.17) is 14.2 Å². The summed E-state index contributed by atoms with van der Waals surface area (Å²) in [4.78, 5) is 11.9. The Hall–Kier alpha value is -0.490. The summed E-state index contributed by atoms with van der Waals surface area (Å²) in [6.07, 6.45) is -1.01. The molecule has 2 saturated heterocycles. The molecule has 2 rings (SSSR count). The first-order valence-electron chi connectivity index (χ1n) is 5.90. The summed E-state index contributed by atoms with van der Waals surface area (Å²) in [5, 5.41) is 10.4. The number of hydrogen-bond donors (Lipinski definition) is 1. The maximum Gasteiger partial charge on any atom is 0.198 e. The molecular formula is C12H20O5. The predicted octanol–water partition coefficient (Wildman–Crippen LogP) is 0.983. The fraction of sp³-hybridized carbons (Fsp3) is 0.917. The van der Waals surface area contributed by atoms with E-state index in [0.29, 0.717) is 0 Å². The number of Topliss-reactive ketones (excluding diaryl/α,β-unsaturated/α-hetero) is 1. The first-order chi connectivity index (χ1) is 7.60. The van der Waals surface area contributed by atoms with Gasteiger partial charge in [-0.25, -0.2) is 0 Å². The van der Waals surface area contributed by atoms with Gasteiger partial charge < -0.3 is 19.3 Å². The van der Waals surface area contributed by atoms with E-state index >= 15 is 0 Å². The second kappa shape index (κ2) is 3.51. The third kappa shape index (κ3) is 1.81. The van der Waals surface area contributed by atoms with Crippen LogP contribution in [0.5, 0.6) is 0 Å². The van der Waals surface area contributed by atoms with Gasteiger partial charge in [-0.05, 0) is 34.6 Å². The number of ketones is 1. The van der Waals surface area contributed by atoms with Crippen LogP contribution in [-0.4, -0.2) is 40.3 Å². The minimum absolute atomic E-state index is 0.0481. The van der Waals surface area contributed by atoms with E-state index < -0.39 is 23.3 Å². The van der Waals surface area contributed by atoms with Gasteiger partial charge >= 0.3 is 0 Å². The Kier molecular flexibility index (Phi) is 2.67. The summed E-state index contributed by atoms with van der Waals surface area (Å²) in [5.74, 6) is -2.38. The molecule has 0 aliphatic carbocycles. The largest absolute Gasteiger partial charge is 0.384 e. The van der Waals surface area contributed by atoms with Crippen LogP contribution in [0.3, 0.4) is 0 Å². The molecule has 0 aromatic carbocycles. The SMILES string of the molecule is CC1OC2(C)OC(C)(OC2C)C(C)(O)CC1=O. The van der Waals surface area contributed by atoms with Gasteiger partial charge in [-0.2, -0.15) is 0 Å². The quantitative estimate of drug-likeness (QED) is 0.688. The summed E-state index contributed by atoms with van der Waals surface area (Å²) in [6.45, 7) is 8.40. The average Bonchev–Trinajstić information content (AvgIpc) is 2.37. The number of ether oxygens (including phenoxy) is 3. The lowest BCUT2D eigenvalue weighted by molar-refractivity contribution is -0.318. The number of hydrogen-bond acceptors (Lipinski definition) is 5. The molecule has 0 amide bonds. The van der Waals surface area contributed by atoms with E-state index in [2.05, 4.69) is 0 Å². The van der Waals surface area contributed by atoms with Crippen molar-refractivity contribution in [1.29, 1.82) is 0 Å². The Morgan fingerprint density at radius 2 is 1.82 bits per heavy atom. The summed E-state index contributed by atoms with van der Waals surface area (Å²) < 4.78 is 17.1. The van der Waals surface area contributed by atoms with Gasteiger partial charge in [-0.1, -0.05) is 0 Å². The summed E-state index contributed by atoms with van der Waals surface area (Å²) >= 11 is 0. The predicted molar refractivity (Wildman–Crippen MR) is 59.2 cm³/mol. The van der Waals surface area contributed by atoms with Crippen LogP contribution in [0.2, 0.25) is 0 Å². The number of aliphatic hydroxyl groups is 1. The molecule has 5 atom stereocenters. The molecule has 2 bridgehead atoms. The molecule has 0 radical (unpaired) electrons. The van der Waals surface area contributed by atoms with E-state index in [1.54, 1.807) is 27.7 Å². The van der Waals surface area contributed by atoms with Crippen LogP contribution >= 0.6 is 0 Å². The third-order valence-electron chi connectivity index (χ3n) is 3.90. The highest BCUT2D eigenvalue weighted by Gasteiger charge is 2.62. The van der Waals surface area contributed by atoms with E-state index in [9.17, 15) is 9.90 Å². The van der Waals surface area contributed by atoms with E-state index in [1.807, 2.05) is 6.92 Å². The molecule has 2 heterocycles. The van der Waals surface area contributed by atoms with Gasteiger partial charge in [-0.3, -0.25) is 4.79 Å². The number of rotatable bonds is 0. The molecule has 2 fully saturated rings. The van der Waals surface area contributed by atoms with Gasteiger partial charge in [0.15, 0.2) is 17.4 Å². The molecule has 5 nitrogen and oxygen atoms in total. The molecule has 0 spiro atoms. The Labute approximate surface area is 101 Å². The molecular weight excluding hydrogens is 224 g/mol. The van der Waals surface area contributed by atoms with E-state index in [0.717, 1.165) is 0 Å². The molecule has 2 aliphatic heterocycles. The lowest BCUT2D eigenvalue weighted by atomic mass is 9.89. The maximum atomic E-state index is 11.9. The number of carbonyl (C=O) groups is 1. The molecule has 1 N–H and O–H groups in total. The maximum absolute atomic E-state index is 11.9. The molecule has 98 valence electrons. The lowest BCUT2D eigenvalue weighted by Crippen LogP contribution is -2.56. The van der Waals surface area contributed by atoms with Crippen LogP contribution in [0, 0.1) is 0 Å². The van der Waals surface area contributed by atoms with Gasteiger partial charge in [0.05, 0.1) is 0 Å². The topological polar surface area (TPSA) is 65.0 Å². The molecule has 5 unspecified atom stereocenters. The first-order valence-corrected chi connectivity index (χ1v) is 5.90. The summed E-state index contributed by atoms with van der Waals surface area (Å²) in [5.41, 5.74) is -1.37. The molecule has 0 saturated carbocycles. The van der Waals surface area contributed by atoms with Crippen LogP contribution < -0.4 is 0 Å². The average molecular weight is 244 g/mol. The Morgan fingerprint density at radius 1 is 1.24 bits per heavy atom. The lowest BCUT2D eigenvalue weighted by Gasteiger charge is -2.41.